The van der Waals surface area contributed by atoms with Crippen LogP contribution in [0, 0.1) is 13.8 Å². The predicted molar refractivity (Wildman–Crippen MR) is 155 cm³/mol. The highest BCUT2D eigenvalue weighted by Gasteiger charge is 2.24. The van der Waals surface area contributed by atoms with Crippen LogP contribution < -0.4 is 10.6 Å². The van der Waals surface area contributed by atoms with Gasteiger partial charge in [0.15, 0.2) is 5.13 Å². The molecule has 1 heterocycles. The molecule has 190 valence electrons. The average molecular weight is 530 g/mol. The van der Waals surface area contributed by atoms with Crippen LogP contribution in [-0.4, -0.2) is 16.8 Å². The number of thiazole rings is 1. The highest BCUT2D eigenvalue weighted by molar-refractivity contribution is 8.00. The summed E-state index contributed by atoms with van der Waals surface area (Å²) in [5, 5.41) is 6.11. The maximum absolute atomic E-state index is 13.5. The lowest BCUT2D eigenvalue weighted by Crippen LogP contribution is -2.19. The van der Waals surface area contributed by atoms with Gasteiger partial charge >= 0.3 is 0 Å². The molecule has 0 saturated heterocycles. The van der Waals surface area contributed by atoms with E-state index in [1.165, 1.54) is 28.7 Å². The van der Waals surface area contributed by atoms with Gasteiger partial charge in [-0.3, -0.25) is 9.59 Å². The van der Waals surface area contributed by atoms with Crippen LogP contribution in [0.3, 0.4) is 0 Å². The lowest BCUT2D eigenvalue weighted by atomic mass is 10.1. The Morgan fingerprint density at radius 1 is 0.919 bits per heavy atom. The van der Waals surface area contributed by atoms with Gasteiger partial charge in [0.1, 0.15) is 5.25 Å². The van der Waals surface area contributed by atoms with Gasteiger partial charge in [0.2, 0.25) is 11.8 Å². The normalized spacial score (nSPS) is 11.6. The van der Waals surface area contributed by atoms with E-state index in [0.29, 0.717) is 11.6 Å². The molecule has 37 heavy (non-hydrogen) atoms. The smallest absolute Gasteiger partial charge is 0.244 e. The maximum Gasteiger partial charge on any atom is 0.244 e. The molecule has 1 aromatic heterocycles. The van der Waals surface area contributed by atoms with Crippen LogP contribution in [0.15, 0.2) is 83.8 Å². The first kappa shape index (κ1) is 26.6. The van der Waals surface area contributed by atoms with Gasteiger partial charge in [-0.2, -0.15) is 0 Å². The molecular weight excluding hydrogens is 498 g/mol. The zero-order valence-corrected chi connectivity index (χ0v) is 22.9. The van der Waals surface area contributed by atoms with Crippen molar-refractivity contribution in [2.45, 2.75) is 50.2 Å². The summed E-state index contributed by atoms with van der Waals surface area (Å²) in [7, 11) is 0. The van der Waals surface area contributed by atoms with Crippen molar-refractivity contribution in [3.63, 3.8) is 0 Å². The molecule has 3 aromatic carbocycles. The highest BCUT2D eigenvalue weighted by atomic mass is 32.2. The molecule has 4 rings (SSSR count). The molecule has 4 aromatic rings. The number of benzene rings is 3. The van der Waals surface area contributed by atoms with Gasteiger partial charge in [-0.15, -0.1) is 23.1 Å². The van der Waals surface area contributed by atoms with Gasteiger partial charge in [-0.05, 0) is 50.1 Å². The topological polar surface area (TPSA) is 71.1 Å². The first-order valence-corrected chi connectivity index (χ1v) is 14.1. The molecule has 1 atom stereocenters. The molecule has 0 bridgehead atoms. The molecule has 0 aliphatic rings. The Kier molecular flexibility index (Phi) is 9.14. The molecule has 0 radical (unpaired) electrons. The number of nitrogens with zero attached hydrogens (tertiary/aromatic N) is 1. The van der Waals surface area contributed by atoms with Crippen molar-refractivity contribution in [3.05, 3.63) is 94.9 Å². The first-order valence-electron chi connectivity index (χ1n) is 12.4. The lowest BCUT2D eigenvalue weighted by molar-refractivity contribution is -0.116. The Balaban J connectivity index is 1.50. The molecule has 0 fully saturated rings. The number of thioether (sulfide) groups is 1. The van der Waals surface area contributed by atoms with E-state index in [-0.39, 0.29) is 11.8 Å². The number of nitrogens with one attached hydrogen (secondary N) is 2. The van der Waals surface area contributed by atoms with E-state index in [4.69, 9.17) is 4.98 Å². The fraction of sp³-hybridized carbons (Fsp3) is 0.233. The van der Waals surface area contributed by atoms with E-state index in [1.807, 2.05) is 61.5 Å². The van der Waals surface area contributed by atoms with Crippen LogP contribution in [0.2, 0.25) is 0 Å². The summed E-state index contributed by atoms with van der Waals surface area (Å²) in [6.07, 6.45) is 2.38. The summed E-state index contributed by atoms with van der Waals surface area (Å²) >= 11 is 2.95. The highest BCUT2D eigenvalue weighted by Crippen LogP contribution is 2.38. The van der Waals surface area contributed by atoms with Gasteiger partial charge in [0.05, 0.1) is 5.69 Å². The number of anilines is 2. The zero-order valence-electron chi connectivity index (χ0n) is 21.3. The summed E-state index contributed by atoms with van der Waals surface area (Å²) in [5.41, 5.74) is 4.79. The number of aryl methyl sites for hydroxylation is 2. The Morgan fingerprint density at radius 2 is 1.62 bits per heavy atom. The van der Waals surface area contributed by atoms with Crippen molar-refractivity contribution < 1.29 is 9.59 Å². The third-order valence-electron chi connectivity index (χ3n) is 5.84. The van der Waals surface area contributed by atoms with Crippen LogP contribution >= 0.6 is 23.1 Å². The zero-order chi connectivity index (χ0) is 26.2. The van der Waals surface area contributed by atoms with Crippen molar-refractivity contribution in [1.82, 2.24) is 4.98 Å². The second-order valence-electron chi connectivity index (χ2n) is 8.86. The van der Waals surface area contributed by atoms with Crippen molar-refractivity contribution in [1.29, 1.82) is 0 Å². The molecule has 0 aliphatic heterocycles. The van der Waals surface area contributed by atoms with Gasteiger partial charge in [-0.1, -0.05) is 73.5 Å². The van der Waals surface area contributed by atoms with E-state index in [9.17, 15) is 9.59 Å². The fourth-order valence-corrected chi connectivity index (χ4v) is 5.68. The monoisotopic (exact) mass is 529 g/mol. The van der Waals surface area contributed by atoms with E-state index in [0.717, 1.165) is 45.1 Å². The van der Waals surface area contributed by atoms with Gasteiger partial charge in [0.25, 0.3) is 0 Å². The summed E-state index contributed by atoms with van der Waals surface area (Å²) in [6.45, 7) is 6.15. The standard InChI is InChI=1S/C30H31N3O2S2/c1-4-5-11-26(34)31-24-16-18-25(19-17-24)37-28(23-9-7-6-8-10-23)29(35)33-30-32-27(21(3)36-30)22-14-12-20(2)13-15-22/h6-10,12-19,28H,4-5,11H2,1-3H3,(H,31,34)(H,32,33,35). The van der Waals surface area contributed by atoms with Crippen molar-refractivity contribution in [2.75, 3.05) is 10.6 Å². The minimum atomic E-state index is -0.460. The molecule has 0 spiro atoms. The first-order chi connectivity index (χ1) is 17.9. The molecule has 0 saturated carbocycles. The minimum Gasteiger partial charge on any atom is -0.326 e. The molecular formula is C30H31N3O2S2. The Morgan fingerprint density at radius 3 is 2.30 bits per heavy atom. The minimum absolute atomic E-state index is 0.0209. The number of carbonyl (C=O) groups is 2. The van der Waals surface area contributed by atoms with Crippen LogP contribution in [0.25, 0.3) is 11.3 Å². The average Bonchev–Trinajstić information content (AvgIpc) is 3.27. The van der Waals surface area contributed by atoms with Crippen LogP contribution in [0.1, 0.15) is 47.4 Å². The number of carbonyl (C=O) groups excluding carboxylic acids is 2. The molecule has 7 heteroatoms. The summed E-state index contributed by atoms with van der Waals surface area (Å²) in [5.74, 6) is -0.107. The Bertz CT molecular complexity index is 1330. The number of unbranched alkanes of at least 4 members (excludes halogenated alkanes) is 1. The van der Waals surface area contributed by atoms with Gasteiger partial charge in [0, 0.05) is 27.4 Å². The van der Waals surface area contributed by atoms with Crippen LogP contribution in [0.5, 0.6) is 0 Å². The summed E-state index contributed by atoms with van der Waals surface area (Å²) in [6, 6.07) is 25.6. The van der Waals surface area contributed by atoms with Crippen molar-refractivity contribution >= 4 is 45.7 Å². The predicted octanol–water partition coefficient (Wildman–Crippen LogP) is 8.03. The van der Waals surface area contributed by atoms with E-state index in [2.05, 4.69) is 48.7 Å². The number of amides is 2. The van der Waals surface area contributed by atoms with E-state index >= 15 is 0 Å². The quantitative estimate of drug-likeness (QED) is 0.204. The number of hydrogen-bond acceptors (Lipinski definition) is 5. The lowest BCUT2D eigenvalue weighted by Gasteiger charge is -2.16. The van der Waals surface area contributed by atoms with Gasteiger partial charge < -0.3 is 10.6 Å². The molecule has 5 nitrogen and oxygen atoms in total. The van der Waals surface area contributed by atoms with Crippen LogP contribution in [-0.2, 0) is 9.59 Å². The molecule has 2 amide bonds. The SMILES string of the molecule is CCCCC(=O)Nc1ccc(SC(C(=O)Nc2nc(-c3ccc(C)cc3)c(C)s2)c2ccccc2)cc1. The Labute approximate surface area is 226 Å². The van der Waals surface area contributed by atoms with Crippen molar-refractivity contribution in [3.8, 4) is 11.3 Å². The summed E-state index contributed by atoms with van der Waals surface area (Å²) < 4.78 is 0. The maximum atomic E-state index is 13.5. The third kappa shape index (κ3) is 7.31. The summed E-state index contributed by atoms with van der Waals surface area (Å²) in [4.78, 5) is 32.3. The fourth-order valence-electron chi connectivity index (χ4n) is 3.81. The number of rotatable bonds is 10. The second-order valence-corrected chi connectivity index (χ2v) is 11.2. The molecule has 1 unspecified atom stereocenters. The number of hydrogen-bond donors (Lipinski definition) is 2. The molecule has 2 N–H and O–H groups in total. The second kappa shape index (κ2) is 12.7. The molecule has 0 aliphatic carbocycles. The van der Waals surface area contributed by atoms with E-state index in [1.54, 1.807) is 0 Å². The Hall–Kier alpha value is -3.42. The van der Waals surface area contributed by atoms with Crippen molar-refractivity contribution in [2.24, 2.45) is 0 Å². The largest absolute Gasteiger partial charge is 0.326 e. The van der Waals surface area contributed by atoms with E-state index < -0.39 is 5.25 Å². The number of aromatic nitrogens is 1. The van der Waals surface area contributed by atoms with Crippen LogP contribution in [0.4, 0.5) is 10.8 Å². The van der Waals surface area contributed by atoms with Gasteiger partial charge in [-0.25, -0.2) is 4.98 Å². The third-order valence-corrected chi connectivity index (χ3v) is 7.99.